The highest BCUT2D eigenvalue weighted by atomic mass is 14.3. The Bertz CT molecular complexity index is 24.8. The van der Waals surface area contributed by atoms with Crippen LogP contribution in [0.1, 0.15) is 12.8 Å². The fourth-order valence-electron chi connectivity index (χ4n) is 0.102. The van der Waals surface area contributed by atoms with Crippen LogP contribution in [0.25, 0.3) is 0 Å². The van der Waals surface area contributed by atoms with Crippen molar-refractivity contribution in [3.8, 4) is 0 Å². The average Bonchev–Trinajstić information content (AvgIpc) is 1.41. The first-order valence-electron chi connectivity index (χ1n) is 1.70. The van der Waals surface area contributed by atoms with Crippen molar-refractivity contribution in [2.24, 2.45) is 0 Å². The number of rotatable bonds is 2. The Kier molecular flexibility index (Phi) is 3.43. The van der Waals surface area contributed by atoms with Crippen LogP contribution in [-0.2, 0) is 0 Å². The second kappa shape index (κ2) is 3.67. The van der Waals surface area contributed by atoms with Crippen molar-refractivity contribution >= 4 is 6.21 Å². The second-order valence-electron chi connectivity index (χ2n) is 0.846. The Balaban J connectivity index is 2.40. The second-order valence-corrected chi connectivity index (χ2v) is 0.846. The molecule has 0 atom stereocenters. The predicted molar refractivity (Wildman–Crippen MR) is 23.4 cm³/mol. The normalized spacial score (nSPS) is 7.40. The van der Waals surface area contributed by atoms with Crippen molar-refractivity contribution in [1.82, 2.24) is 0 Å². The SMILES string of the molecule is [CH2]CCC=N. The van der Waals surface area contributed by atoms with Crippen LogP contribution < -0.4 is 0 Å². The first kappa shape index (κ1) is 4.67. The van der Waals surface area contributed by atoms with E-state index in [0.717, 1.165) is 12.8 Å². The van der Waals surface area contributed by atoms with E-state index < -0.39 is 0 Å². The van der Waals surface area contributed by atoms with Crippen LogP contribution >= 0.6 is 0 Å². The van der Waals surface area contributed by atoms with E-state index in [2.05, 4.69) is 6.92 Å². The molecule has 0 rings (SSSR count). The molecule has 0 saturated heterocycles. The van der Waals surface area contributed by atoms with Gasteiger partial charge in [0, 0.05) is 0 Å². The maximum atomic E-state index is 6.44. The molecule has 1 N–H and O–H groups in total. The summed E-state index contributed by atoms with van der Waals surface area (Å²) in [7, 11) is 0. The van der Waals surface area contributed by atoms with E-state index in [0.29, 0.717) is 0 Å². The van der Waals surface area contributed by atoms with E-state index in [1.807, 2.05) is 0 Å². The summed E-state index contributed by atoms with van der Waals surface area (Å²) in [5.74, 6) is 0. The van der Waals surface area contributed by atoms with Gasteiger partial charge in [0.15, 0.2) is 0 Å². The molecule has 5 heavy (non-hydrogen) atoms. The van der Waals surface area contributed by atoms with Crippen LogP contribution in [0, 0.1) is 12.3 Å². The molecular weight excluding hydrogens is 62.1 g/mol. The van der Waals surface area contributed by atoms with E-state index in [9.17, 15) is 0 Å². The summed E-state index contributed by atoms with van der Waals surface area (Å²) in [6, 6.07) is 0. The molecule has 1 nitrogen and oxygen atoms in total. The summed E-state index contributed by atoms with van der Waals surface area (Å²) in [5.41, 5.74) is 0. The molecule has 1 radical (unpaired) electrons. The lowest BCUT2D eigenvalue weighted by atomic mass is 10.4. The van der Waals surface area contributed by atoms with Crippen molar-refractivity contribution < 1.29 is 0 Å². The Morgan fingerprint density at radius 1 is 1.80 bits per heavy atom. The van der Waals surface area contributed by atoms with Gasteiger partial charge in [-0.05, 0) is 19.1 Å². The molecule has 0 amide bonds. The standard InChI is InChI=1S/C4H8N/c1-2-3-4-5/h4-5H,1-3H2. The third-order valence-corrected chi connectivity index (χ3v) is 0.348. The largest absolute Gasteiger partial charge is 0.313 e. The topological polar surface area (TPSA) is 23.9 Å². The molecule has 0 aromatic rings. The molecule has 0 saturated carbocycles. The lowest BCUT2D eigenvalue weighted by molar-refractivity contribution is 1.11. The molecule has 1 heteroatoms. The minimum absolute atomic E-state index is 0.819. The number of nitrogens with one attached hydrogen (secondary N) is 1. The number of hydrogen-bond donors (Lipinski definition) is 1. The zero-order valence-corrected chi connectivity index (χ0v) is 3.20. The van der Waals surface area contributed by atoms with E-state index in [1.54, 1.807) is 0 Å². The number of hydrogen-bond acceptors (Lipinski definition) is 1. The fraction of sp³-hybridized carbons (Fsp3) is 0.500. The smallest absolute Gasteiger partial charge is 0.00477 e. The van der Waals surface area contributed by atoms with Gasteiger partial charge in [-0.25, -0.2) is 0 Å². The summed E-state index contributed by atoms with van der Waals surface area (Å²) >= 11 is 0. The van der Waals surface area contributed by atoms with E-state index >= 15 is 0 Å². The van der Waals surface area contributed by atoms with Gasteiger partial charge in [-0.15, -0.1) is 0 Å². The molecule has 29 valence electrons. The van der Waals surface area contributed by atoms with Gasteiger partial charge in [-0.2, -0.15) is 0 Å². The molecule has 0 heterocycles. The minimum Gasteiger partial charge on any atom is -0.313 e. The average molecular weight is 70.1 g/mol. The third-order valence-electron chi connectivity index (χ3n) is 0.348. The van der Waals surface area contributed by atoms with Crippen molar-refractivity contribution in [3.63, 3.8) is 0 Å². The quantitative estimate of drug-likeness (QED) is 0.473. The lowest BCUT2D eigenvalue weighted by Gasteiger charge is -1.71. The van der Waals surface area contributed by atoms with E-state index in [-0.39, 0.29) is 0 Å². The summed E-state index contributed by atoms with van der Waals surface area (Å²) in [6.07, 6.45) is 3.04. The summed E-state index contributed by atoms with van der Waals surface area (Å²) in [5, 5.41) is 6.44. The van der Waals surface area contributed by atoms with Gasteiger partial charge in [0.1, 0.15) is 0 Å². The summed E-state index contributed by atoms with van der Waals surface area (Å²) in [4.78, 5) is 0. The molecule has 0 unspecified atom stereocenters. The van der Waals surface area contributed by atoms with Crippen LogP contribution in [0.5, 0.6) is 0 Å². The Morgan fingerprint density at radius 2 is 2.40 bits per heavy atom. The molecule has 0 spiro atoms. The number of unbranched alkanes of at least 4 members (excludes halogenated alkanes) is 1. The molecule has 0 aromatic carbocycles. The van der Waals surface area contributed by atoms with Gasteiger partial charge < -0.3 is 5.41 Å². The molecule has 0 aliphatic rings. The van der Waals surface area contributed by atoms with Crippen LogP contribution in [0.4, 0.5) is 0 Å². The molecule has 0 aliphatic carbocycles. The zero-order chi connectivity index (χ0) is 4.12. The monoisotopic (exact) mass is 70.1 g/mol. The molecule has 0 aromatic heterocycles. The van der Waals surface area contributed by atoms with Crippen molar-refractivity contribution in [2.75, 3.05) is 0 Å². The van der Waals surface area contributed by atoms with Gasteiger partial charge >= 0.3 is 0 Å². The molecule has 0 fully saturated rings. The van der Waals surface area contributed by atoms with Crippen molar-refractivity contribution in [3.05, 3.63) is 6.92 Å². The van der Waals surface area contributed by atoms with Crippen LogP contribution in [0.2, 0.25) is 0 Å². The van der Waals surface area contributed by atoms with Crippen molar-refractivity contribution in [1.29, 1.82) is 5.41 Å². The third kappa shape index (κ3) is 3.67. The highest BCUT2D eigenvalue weighted by Gasteiger charge is 1.63. The van der Waals surface area contributed by atoms with E-state index in [1.165, 1.54) is 6.21 Å². The molecule has 0 aliphatic heterocycles. The van der Waals surface area contributed by atoms with Crippen molar-refractivity contribution in [2.45, 2.75) is 12.8 Å². The lowest BCUT2D eigenvalue weighted by Crippen LogP contribution is -1.63. The summed E-state index contributed by atoms with van der Waals surface area (Å²) < 4.78 is 0. The highest BCUT2D eigenvalue weighted by molar-refractivity contribution is 5.52. The Morgan fingerprint density at radius 3 is 2.40 bits per heavy atom. The first-order chi connectivity index (χ1) is 2.41. The Labute approximate surface area is 32.5 Å². The maximum absolute atomic E-state index is 6.44. The van der Waals surface area contributed by atoms with Gasteiger partial charge in [0.2, 0.25) is 0 Å². The highest BCUT2D eigenvalue weighted by Crippen LogP contribution is 1.74. The van der Waals surface area contributed by atoms with Crippen LogP contribution in [0.15, 0.2) is 0 Å². The van der Waals surface area contributed by atoms with Gasteiger partial charge in [-0.3, -0.25) is 0 Å². The maximum Gasteiger partial charge on any atom is -0.00477 e. The van der Waals surface area contributed by atoms with Gasteiger partial charge in [0.25, 0.3) is 0 Å². The van der Waals surface area contributed by atoms with Crippen LogP contribution in [0.3, 0.4) is 0 Å². The first-order valence-corrected chi connectivity index (χ1v) is 1.70. The van der Waals surface area contributed by atoms with E-state index in [4.69, 9.17) is 5.41 Å². The van der Waals surface area contributed by atoms with Crippen LogP contribution in [-0.4, -0.2) is 6.21 Å². The fourth-order valence-corrected chi connectivity index (χ4v) is 0.102. The summed E-state index contributed by atoms with van der Waals surface area (Å²) in [6.45, 7) is 3.52. The minimum atomic E-state index is 0.819. The van der Waals surface area contributed by atoms with Gasteiger partial charge in [-0.1, -0.05) is 6.92 Å². The van der Waals surface area contributed by atoms with Gasteiger partial charge in [0.05, 0.1) is 0 Å². The molecular formula is C4H8N. The molecule has 0 bridgehead atoms. The Hall–Kier alpha value is -0.330. The predicted octanol–water partition coefficient (Wildman–Crippen LogP) is 1.25. The zero-order valence-electron chi connectivity index (χ0n) is 3.20.